The second-order valence-corrected chi connectivity index (χ2v) is 2.25. The SMILES string of the molecule is CC.CC1=CCN(C)C1. The fourth-order valence-corrected chi connectivity index (χ4v) is 0.867. The first-order chi connectivity index (χ1) is 4.29. The van der Waals surface area contributed by atoms with Crippen molar-refractivity contribution in [1.82, 2.24) is 4.90 Å². The van der Waals surface area contributed by atoms with Crippen LogP contribution in [0.3, 0.4) is 0 Å². The van der Waals surface area contributed by atoms with Gasteiger partial charge in [0.25, 0.3) is 0 Å². The molecular weight excluding hydrogens is 110 g/mol. The van der Waals surface area contributed by atoms with Crippen LogP contribution in [0.1, 0.15) is 20.8 Å². The molecule has 9 heavy (non-hydrogen) atoms. The molecular formula is C8H17N. The van der Waals surface area contributed by atoms with E-state index in [9.17, 15) is 0 Å². The third-order valence-electron chi connectivity index (χ3n) is 1.27. The molecule has 0 N–H and O–H groups in total. The predicted molar refractivity (Wildman–Crippen MR) is 42.6 cm³/mol. The lowest BCUT2D eigenvalue weighted by molar-refractivity contribution is 0.429. The summed E-state index contributed by atoms with van der Waals surface area (Å²) in [4.78, 5) is 2.29. The van der Waals surface area contributed by atoms with Crippen molar-refractivity contribution in [2.75, 3.05) is 20.1 Å². The largest absolute Gasteiger partial charge is 0.299 e. The summed E-state index contributed by atoms with van der Waals surface area (Å²) < 4.78 is 0. The Hall–Kier alpha value is -0.300. The van der Waals surface area contributed by atoms with Crippen LogP contribution in [0.5, 0.6) is 0 Å². The smallest absolute Gasteiger partial charge is 0.0190 e. The van der Waals surface area contributed by atoms with Gasteiger partial charge in [0.2, 0.25) is 0 Å². The Bertz CT molecular complexity index is 94.7. The third kappa shape index (κ3) is 3.31. The monoisotopic (exact) mass is 127 g/mol. The van der Waals surface area contributed by atoms with E-state index in [0.29, 0.717) is 0 Å². The van der Waals surface area contributed by atoms with Gasteiger partial charge in [-0.1, -0.05) is 25.5 Å². The van der Waals surface area contributed by atoms with E-state index in [0.717, 1.165) is 6.54 Å². The molecule has 1 heteroatoms. The molecule has 1 aliphatic rings. The Morgan fingerprint density at radius 3 is 2.11 bits per heavy atom. The van der Waals surface area contributed by atoms with E-state index >= 15 is 0 Å². The minimum atomic E-state index is 1.14. The maximum Gasteiger partial charge on any atom is 0.0190 e. The summed E-state index contributed by atoms with van der Waals surface area (Å²) >= 11 is 0. The normalized spacial score (nSPS) is 18.4. The zero-order valence-corrected chi connectivity index (χ0v) is 6.94. The van der Waals surface area contributed by atoms with Crippen LogP contribution in [0.4, 0.5) is 0 Å². The van der Waals surface area contributed by atoms with E-state index < -0.39 is 0 Å². The Morgan fingerprint density at radius 2 is 2.00 bits per heavy atom. The van der Waals surface area contributed by atoms with Gasteiger partial charge in [-0.25, -0.2) is 0 Å². The van der Waals surface area contributed by atoms with Gasteiger partial charge in [0.05, 0.1) is 0 Å². The van der Waals surface area contributed by atoms with Gasteiger partial charge in [0.1, 0.15) is 0 Å². The van der Waals surface area contributed by atoms with Crippen LogP contribution in [0.15, 0.2) is 11.6 Å². The van der Waals surface area contributed by atoms with Gasteiger partial charge < -0.3 is 0 Å². The summed E-state index contributed by atoms with van der Waals surface area (Å²) in [5.74, 6) is 0. The fourth-order valence-electron chi connectivity index (χ4n) is 0.867. The second kappa shape index (κ2) is 4.57. The van der Waals surface area contributed by atoms with E-state index in [1.807, 2.05) is 13.8 Å². The third-order valence-corrected chi connectivity index (χ3v) is 1.27. The molecule has 54 valence electrons. The van der Waals surface area contributed by atoms with Gasteiger partial charge in [-0.05, 0) is 14.0 Å². The van der Waals surface area contributed by atoms with Gasteiger partial charge >= 0.3 is 0 Å². The minimum absolute atomic E-state index is 1.14. The average Bonchev–Trinajstić information content (AvgIpc) is 2.20. The van der Waals surface area contributed by atoms with Crippen molar-refractivity contribution in [3.05, 3.63) is 11.6 Å². The molecule has 0 saturated heterocycles. The zero-order chi connectivity index (χ0) is 7.28. The van der Waals surface area contributed by atoms with Crippen molar-refractivity contribution in [3.8, 4) is 0 Å². The van der Waals surface area contributed by atoms with Crippen LogP contribution in [-0.4, -0.2) is 25.0 Å². The van der Waals surface area contributed by atoms with E-state index in [1.54, 1.807) is 0 Å². The number of nitrogens with zero attached hydrogens (tertiary/aromatic N) is 1. The standard InChI is InChI=1S/C6H11N.C2H6/c1-6-3-4-7(2)5-6;1-2/h3H,4-5H2,1-2H3;1-2H3. The molecule has 1 nitrogen and oxygen atoms in total. The molecule has 0 radical (unpaired) electrons. The molecule has 1 aliphatic heterocycles. The molecule has 0 fully saturated rings. The molecule has 0 aromatic heterocycles. The highest BCUT2D eigenvalue weighted by molar-refractivity contribution is 5.07. The van der Waals surface area contributed by atoms with E-state index in [4.69, 9.17) is 0 Å². The molecule has 0 spiro atoms. The van der Waals surface area contributed by atoms with E-state index in [2.05, 4.69) is 24.9 Å². The molecule has 0 bridgehead atoms. The number of hydrogen-bond donors (Lipinski definition) is 0. The summed E-state index contributed by atoms with van der Waals surface area (Å²) in [6.07, 6.45) is 2.26. The van der Waals surface area contributed by atoms with Crippen molar-refractivity contribution < 1.29 is 0 Å². The highest BCUT2D eigenvalue weighted by atomic mass is 15.1. The summed E-state index contributed by atoms with van der Waals surface area (Å²) in [7, 11) is 2.13. The van der Waals surface area contributed by atoms with Gasteiger partial charge in [0.15, 0.2) is 0 Å². The van der Waals surface area contributed by atoms with Crippen molar-refractivity contribution in [2.45, 2.75) is 20.8 Å². The predicted octanol–water partition coefficient (Wildman–Crippen LogP) is 1.90. The summed E-state index contributed by atoms with van der Waals surface area (Å²) in [6.45, 7) is 8.48. The molecule has 0 aromatic rings. The Balaban J connectivity index is 0.000000291. The van der Waals surface area contributed by atoms with Crippen LogP contribution in [0.25, 0.3) is 0 Å². The van der Waals surface area contributed by atoms with Crippen molar-refractivity contribution >= 4 is 0 Å². The van der Waals surface area contributed by atoms with Crippen LogP contribution < -0.4 is 0 Å². The molecule has 0 amide bonds. The minimum Gasteiger partial charge on any atom is -0.299 e. The molecule has 1 rings (SSSR count). The van der Waals surface area contributed by atoms with Gasteiger partial charge in [-0.3, -0.25) is 4.90 Å². The lowest BCUT2D eigenvalue weighted by Gasteiger charge is -2.03. The molecule has 0 saturated carbocycles. The lowest BCUT2D eigenvalue weighted by atomic mass is 10.3. The molecule has 0 atom stereocenters. The molecule has 0 aromatic carbocycles. The summed E-state index contributed by atoms with van der Waals surface area (Å²) in [5, 5.41) is 0. The number of rotatable bonds is 0. The van der Waals surface area contributed by atoms with Crippen LogP contribution in [0.2, 0.25) is 0 Å². The maximum atomic E-state index is 2.29. The Labute approximate surface area is 58.4 Å². The van der Waals surface area contributed by atoms with Crippen LogP contribution >= 0.6 is 0 Å². The van der Waals surface area contributed by atoms with Gasteiger partial charge in [0, 0.05) is 13.1 Å². The number of likely N-dealkylation sites (N-methyl/N-ethyl adjacent to an activating group) is 1. The molecule has 1 heterocycles. The highest BCUT2D eigenvalue weighted by Crippen LogP contribution is 2.03. The Kier molecular flexibility index (Phi) is 4.41. The maximum absolute atomic E-state index is 2.29. The van der Waals surface area contributed by atoms with Crippen molar-refractivity contribution in [3.63, 3.8) is 0 Å². The average molecular weight is 127 g/mol. The molecule has 0 unspecified atom stereocenters. The number of hydrogen-bond acceptors (Lipinski definition) is 1. The first-order valence-corrected chi connectivity index (χ1v) is 3.63. The van der Waals surface area contributed by atoms with Crippen LogP contribution in [-0.2, 0) is 0 Å². The van der Waals surface area contributed by atoms with Crippen molar-refractivity contribution in [2.24, 2.45) is 0 Å². The van der Waals surface area contributed by atoms with E-state index in [-0.39, 0.29) is 0 Å². The second-order valence-electron chi connectivity index (χ2n) is 2.25. The topological polar surface area (TPSA) is 3.24 Å². The van der Waals surface area contributed by atoms with E-state index in [1.165, 1.54) is 12.1 Å². The first kappa shape index (κ1) is 8.70. The fraction of sp³-hybridized carbons (Fsp3) is 0.750. The highest BCUT2D eigenvalue weighted by Gasteiger charge is 2.02. The quantitative estimate of drug-likeness (QED) is 0.449. The molecule has 0 aliphatic carbocycles. The van der Waals surface area contributed by atoms with Gasteiger partial charge in [-0.15, -0.1) is 0 Å². The Morgan fingerprint density at radius 1 is 1.44 bits per heavy atom. The summed E-state index contributed by atoms with van der Waals surface area (Å²) in [5.41, 5.74) is 1.50. The van der Waals surface area contributed by atoms with Crippen LogP contribution in [0, 0.1) is 0 Å². The van der Waals surface area contributed by atoms with Gasteiger partial charge in [-0.2, -0.15) is 0 Å². The lowest BCUT2D eigenvalue weighted by Crippen LogP contribution is -2.13. The zero-order valence-electron chi connectivity index (χ0n) is 6.94. The first-order valence-electron chi connectivity index (χ1n) is 3.63. The summed E-state index contributed by atoms with van der Waals surface area (Å²) in [6, 6.07) is 0. The van der Waals surface area contributed by atoms with Crippen molar-refractivity contribution in [1.29, 1.82) is 0 Å².